The third kappa shape index (κ3) is 2.03. The second kappa shape index (κ2) is 4.80. The first kappa shape index (κ1) is 14.4. The van der Waals surface area contributed by atoms with Gasteiger partial charge in [0.15, 0.2) is 5.65 Å². The molecule has 6 rings (SSSR count). The number of hydrogen-bond donors (Lipinski definition) is 1. The highest BCUT2D eigenvalue weighted by Gasteiger charge is 2.54. The highest BCUT2D eigenvalue weighted by molar-refractivity contribution is 5.97. The SMILES string of the molecule is Cc1nn(C)c2ncc(NC(=O)C34CC5CC(CC(C5)C3)C4)cc12. The molecule has 2 heterocycles. The number of carbonyl (C=O) groups excluding carboxylic acids is 1. The number of pyridine rings is 1. The van der Waals surface area contributed by atoms with Gasteiger partial charge in [-0.25, -0.2) is 4.98 Å². The van der Waals surface area contributed by atoms with Gasteiger partial charge in [-0.05, 0) is 69.3 Å². The Labute approximate surface area is 141 Å². The zero-order valence-electron chi connectivity index (χ0n) is 14.4. The maximum Gasteiger partial charge on any atom is 0.230 e. The number of aromatic nitrogens is 3. The predicted molar refractivity (Wildman–Crippen MR) is 92.5 cm³/mol. The molecule has 0 saturated heterocycles. The molecule has 24 heavy (non-hydrogen) atoms. The van der Waals surface area contributed by atoms with Gasteiger partial charge >= 0.3 is 0 Å². The Hall–Kier alpha value is -1.91. The van der Waals surface area contributed by atoms with E-state index < -0.39 is 0 Å². The minimum Gasteiger partial charge on any atom is -0.324 e. The molecular formula is C19H24N4O. The highest BCUT2D eigenvalue weighted by atomic mass is 16.2. The molecule has 1 N–H and O–H groups in total. The molecular weight excluding hydrogens is 300 g/mol. The van der Waals surface area contributed by atoms with Crippen LogP contribution in [0.3, 0.4) is 0 Å². The van der Waals surface area contributed by atoms with E-state index in [1.165, 1.54) is 19.3 Å². The molecule has 5 heteroatoms. The highest BCUT2D eigenvalue weighted by Crippen LogP contribution is 2.60. The van der Waals surface area contributed by atoms with Crippen LogP contribution in [0.2, 0.25) is 0 Å². The third-order valence-corrected chi connectivity index (χ3v) is 6.64. The smallest absolute Gasteiger partial charge is 0.230 e. The van der Waals surface area contributed by atoms with Crippen LogP contribution in [0, 0.1) is 30.1 Å². The summed E-state index contributed by atoms with van der Waals surface area (Å²) in [6, 6.07) is 2.02. The van der Waals surface area contributed by atoms with Crippen LogP contribution < -0.4 is 5.32 Å². The quantitative estimate of drug-likeness (QED) is 0.920. The number of fused-ring (bicyclic) bond motifs is 1. The van der Waals surface area contributed by atoms with E-state index in [9.17, 15) is 4.79 Å². The molecule has 4 aliphatic rings. The Morgan fingerprint density at radius 1 is 1.21 bits per heavy atom. The van der Waals surface area contributed by atoms with Gasteiger partial charge in [0.2, 0.25) is 5.91 Å². The summed E-state index contributed by atoms with van der Waals surface area (Å²) in [6.45, 7) is 1.98. The van der Waals surface area contributed by atoms with Crippen LogP contribution in [0.4, 0.5) is 5.69 Å². The van der Waals surface area contributed by atoms with Gasteiger partial charge in [-0.15, -0.1) is 0 Å². The van der Waals surface area contributed by atoms with Gasteiger partial charge in [0.25, 0.3) is 0 Å². The molecule has 0 aliphatic heterocycles. The maximum atomic E-state index is 13.1. The number of nitrogens with one attached hydrogen (secondary N) is 1. The van der Waals surface area contributed by atoms with Gasteiger partial charge in [0, 0.05) is 12.4 Å². The van der Waals surface area contributed by atoms with E-state index in [2.05, 4.69) is 15.4 Å². The summed E-state index contributed by atoms with van der Waals surface area (Å²) in [4.78, 5) is 17.6. The van der Waals surface area contributed by atoms with Crippen LogP contribution in [-0.2, 0) is 11.8 Å². The zero-order chi connectivity index (χ0) is 16.5. The van der Waals surface area contributed by atoms with Crippen LogP contribution in [0.1, 0.15) is 44.2 Å². The summed E-state index contributed by atoms with van der Waals surface area (Å²) >= 11 is 0. The minimum absolute atomic E-state index is 0.117. The fourth-order valence-electron chi connectivity index (χ4n) is 6.03. The molecule has 0 atom stereocenters. The molecule has 4 aliphatic carbocycles. The molecule has 1 amide bonds. The number of nitrogens with zero attached hydrogens (tertiary/aromatic N) is 3. The number of anilines is 1. The molecule has 4 saturated carbocycles. The zero-order valence-corrected chi connectivity index (χ0v) is 14.4. The van der Waals surface area contributed by atoms with Crippen molar-refractivity contribution in [1.29, 1.82) is 0 Å². The van der Waals surface area contributed by atoms with Gasteiger partial charge in [0.1, 0.15) is 0 Å². The summed E-state index contributed by atoms with van der Waals surface area (Å²) in [7, 11) is 1.90. The van der Waals surface area contributed by atoms with Crippen molar-refractivity contribution in [3.63, 3.8) is 0 Å². The molecule has 0 aromatic carbocycles. The molecule has 0 unspecified atom stereocenters. The van der Waals surface area contributed by atoms with E-state index in [4.69, 9.17) is 0 Å². The van der Waals surface area contributed by atoms with E-state index in [0.717, 1.165) is 59.4 Å². The number of amides is 1. The normalized spacial score (nSPS) is 34.0. The molecule has 2 aromatic heterocycles. The van der Waals surface area contributed by atoms with Crippen LogP contribution in [0.25, 0.3) is 11.0 Å². The second-order valence-corrected chi connectivity index (χ2v) is 8.46. The van der Waals surface area contributed by atoms with Gasteiger partial charge in [0.05, 0.1) is 23.0 Å². The van der Waals surface area contributed by atoms with E-state index in [1.807, 2.05) is 20.0 Å². The van der Waals surface area contributed by atoms with Crippen molar-refractivity contribution >= 4 is 22.6 Å². The topological polar surface area (TPSA) is 59.8 Å². The van der Waals surface area contributed by atoms with E-state index >= 15 is 0 Å². The Kier molecular flexibility index (Phi) is 2.89. The number of aryl methyl sites for hydroxylation is 2. The van der Waals surface area contributed by atoms with E-state index in [1.54, 1.807) is 10.9 Å². The molecule has 0 radical (unpaired) electrons. The van der Waals surface area contributed by atoms with Gasteiger partial charge in [-0.1, -0.05) is 0 Å². The van der Waals surface area contributed by atoms with Crippen molar-refractivity contribution in [2.24, 2.45) is 30.2 Å². The summed E-state index contributed by atoms with van der Waals surface area (Å²) < 4.78 is 1.79. The average Bonchev–Trinajstić information content (AvgIpc) is 2.80. The summed E-state index contributed by atoms with van der Waals surface area (Å²) in [5.41, 5.74) is 2.50. The average molecular weight is 324 g/mol. The lowest BCUT2D eigenvalue weighted by Crippen LogP contribution is -2.51. The van der Waals surface area contributed by atoms with Crippen LogP contribution in [0.5, 0.6) is 0 Å². The summed E-state index contributed by atoms with van der Waals surface area (Å²) in [5, 5.41) is 8.61. The predicted octanol–water partition coefficient (Wildman–Crippen LogP) is 3.43. The monoisotopic (exact) mass is 324 g/mol. The van der Waals surface area contributed by atoms with Gasteiger partial charge in [-0.3, -0.25) is 9.48 Å². The van der Waals surface area contributed by atoms with Crippen molar-refractivity contribution in [3.8, 4) is 0 Å². The first-order valence-corrected chi connectivity index (χ1v) is 9.13. The first-order valence-electron chi connectivity index (χ1n) is 9.13. The Bertz CT molecular complexity index is 802. The van der Waals surface area contributed by atoms with Crippen molar-refractivity contribution in [1.82, 2.24) is 14.8 Å². The standard InChI is InChI=1S/C19H24N4O/c1-11-16-6-15(10-20-17(16)23(2)22-11)21-18(24)19-7-12-3-13(8-19)5-14(4-12)9-19/h6,10,12-14H,3-5,7-9H2,1-2H3,(H,21,24). The lowest BCUT2D eigenvalue weighted by atomic mass is 9.49. The van der Waals surface area contributed by atoms with Gasteiger partial charge in [-0.2, -0.15) is 5.10 Å². The lowest BCUT2D eigenvalue weighted by Gasteiger charge is -2.55. The Morgan fingerprint density at radius 3 is 2.46 bits per heavy atom. The maximum absolute atomic E-state index is 13.1. The molecule has 4 bridgehead atoms. The summed E-state index contributed by atoms with van der Waals surface area (Å²) in [5.74, 6) is 2.57. The first-order chi connectivity index (χ1) is 11.5. The largest absolute Gasteiger partial charge is 0.324 e. The number of hydrogen-bond acceptors (Lipinski definition) is 3. The molecule has 4 fully saturated rings. The second-order valence-electron chi connectivity index (χ2n) is 8.46. The fraction of sp³-hybridized carbons (Fsp3) is 0.632. The van der Waals surface area contributed by atoms with E-state index in [-0.39, 0.29) is 11.3 Å². The molecule has 126 valence electrons. The van der Waals surface area contributed by atoms with Crippen molar-refractivity contribution in [2.45, 2.75) is 45.4 Å². The summed E-state index contributed by atoms with van der Waals surface area (Å²) in [6.07, 6.45) is 9.10. The Balaban J connectivity index is 1.43. The van der Waals surface area contributed by atoms with Crippen LogP contribution >= 0.6 is 0 Å². The Morgan fingerprint density at radius 2 is 1.83 bits per heavy atom. The van der Waals surface area contributed by atoms with Crippen LogP contribution in [-0.4, -0.2) is 20.7 Å². The minimum atomic E-state index is -0.117. The number of rotatable bonds is 2. The van der Waals surface area contributed by atoms with Crippen molar-refractivity contribution in [2.75, 3.05) is 5.32 Å². The molecule has 2 aromatic rings. The van der Waals surface area contributed by atoms with Crippen molar-refractivity contribution in [3.05, 3.63) is 18.0 Å². The number of carbonyl (C=O) groups is 1. The lowest BCUT2D eigenvalue weighted by molar-refractivity contribution is -0.140. The van der Waals surface area contributed by atoms with Gasteiger partial charge < -0.3 is 5.32 Å². The molecule has 0 spiro atoms. The van der Waals surface area contributed by atoms with Crippen LogP contribution in [0.15, 0.2) is 12.3 Å². The molecule has 5 nitrogen and oxygen atoms in total. The van der Waals surface area contributed by atoms with E-state index in [0.29, 0.717) is 0 Å². The third-order valence-electron chi connectivity index (χ3n) is 6.64. The van der Waals surface area contributed by atoms with Crippen molar-refractivity contribution < 1.29 is 4.79 Å². The fourth-order valence-corrected chi connectivity index (χ4v) is 6.03.